The van der Waals surface area contributed by atoms with E-state index in [-0.39, 0.29) is 6.42 Å². The number of carbonyl (C=O) groups is 2. The summed E-state index contributed by atoms with van der Waals surface area (Å²) in [5, 5.41) is 21.2. The molecule has 7 nitrogen and oxygen atoms in total. The molecule has 108 valence electrons. The Morgan fingerprint density at radius 2 is 2.05 bits per heavy atom. The minimum atomic E-state index is -1.52. The molecule has 0 saturated heterocycles. The molecule has 1 atom stereocenters. The Morgan fingerprint density at radius 3 is 2.50 bits per heavy atom. The van der Waals surface area contributed by atoms with Gasteiger partial charge in [0.25, 0.3) is 5.91 Å². The molecular formula is C11H10F2N2O5. The van der Waals surface area contributed by atoms with Crippen molar-refractivity contribution in [1.82, 2.24) is 5.32 Å². The van der Waals surface area contributed by atoms with Crippen molar-refractivity contribution in [3.05, 3.63) is 39.4 Å². The maximum absolute atomic E-state index is 13.7. The van der Waals surface area contributed by atoms with Crippen LogP contribution in [0, 0.1) is 21.7 Å². The fraction of sp³-hybridized carbons (Fsp3) is 0.273. The molecule has 20 heavy (non-hydrogen) atoms. The lowest BCUT2D eigenvalue weighted by Gasteiger charge is -2.12. The molecule has 0 bridgehead atoms. The smallest absolute Gasteiger partial charge is 0.326 e. The number of amides is 1. The second-order valence-corrected chi connectivity index (χ2v) is 3.82. The molecule has 9 heteroatoms. The third-order valence-corrected chi connectivity index (χ3v) is 2.47. The third kappa shape index (κ3) is 3.25. The third-order valence-electron chi connectivity index (χ3n) is 2.47. The number of nitro groups is 1. The number of nitrogens with one attached hydrogen (secondary N) is 1. The summed E-state index contributed by atoms with van der Waals surface area (Å²) in [6, 6.07) is -0.503. The van der Waals surface area contributed by atoms with Crippen LogP contribution in [-0.4, -0.2) is 27.9 Å². The average Bonchev–Trinajstić information content (AvgIpc) is 2.37. The van der Waals surface area contributed by atoms with Crippen LogP contribution in [0.2, 0.25) is 0 Å². The summed E-state index contributed by atoms with van der Waals surface area (Å²) in [7, 11) is 0. The van der Waals surface area contributed by atoms with E-state index in [2.05, 4.69) is 0 Å². The molecular weight excluding hydrogens is 278 g/mol. The summed E-state index contributed by atoms with van der Waals surface area (Å²) in [6.45, 7) is 1.46. The minimum absolute atomic E-state index is 0.0140. The normalized spacial score (nSPS) is 11.8. The largest absolute Gasteiger partial charge is 0.480 e. The number of nitrogens with zero attached hydrogens (tertiary/aromatic N) is 1. The number of hydrogen-bond donors (Lipinski definition) is 2. The van der Waals surface area contributed by atoms with Crippen molar-refractivity contribution in [1.29, 1.82) is 0 Å². The van der Waals surface area contributed by atoms with Gasteiger partial charge in [-0.05, 0) is 12.5 Å². The molecule has 0 aliphatic heterocycles. The van der Waals surface area contributed by atoms with E-state index in [9.17, 15) is 28.5 Å². The molecule has 0 aliphatic carbocycles. The topological polar surface area (TPSA) is 110 Å². The molecule has 1 aromatic rings. The molecule has 0 heterocycles. The van der Waals surface area contributed by atoms with Crippen molar-refractivity contribution >= 4 is 17.6 Å². The predicted octanol–water partition coefficient (Wildman–Crippen LogP) is 1.47. The molecule has 0 fully saturated rings. The molecule has 1 rings (SSSR count). The highest BCUT2D eigenvalue weighted by atomic mass is 19.1. The van der Waals surface area contributed by atoms with Gasteiger partial charge in [0, 0.05) is 0 Å². The van der Waals surface area contributed by atoms with Gasteiger partial charge in [-0.15, -0.1) is 0 Å². The Balaban J connectivity index is 3.16. The fourth-order valence-corrected chi connectivity index (χ4v) is 1.45. The maximum Gasteiger partial charge on any atom is 0.326 e. The van der Waals surface area contributed by atoms with E-state index in [1.165, 1.54) is 6.92 Å². The second-order valence-electron chi connectivity index (χ2n) is 3.82. The van der Waals surface area contributed by atoms with Crippen molar-refractivity contribution in [3.63, 3.8) is 0 Å². The van der Waals surface area contributed by atoms with E-state index in [1.807, 2.05) is 5.32 Å². The molecule has 0 aliphatic rings. The zero-order valence-corrected chi connectivity index (χ0v) is 10.2. The SMILES string of the molecule is CC[C@H](NC(=O)c1cc(F)cc([N+](=O)[O-])c1F)C(=O)O. The molecule has 0 unspecified atom stereocenters. The van der Waals surface area contributed by atoms with Crippen LogP contribution >= 0.6 is 0 Å². The van der Waals surface area contributed by atoms with Crippen LogP contribution < -0.4 is 5.32 Å². The van der Waals surface area contributed by atoms with Gasteiger partial charge in [0.1, 0.15) is 11.9 Å². The molecule has 1 aromatic carbocycles. The Hall–Kier alpha value is -2.58. The number of carboxylic acids is 1. The van der Waals surface area contributed by atoms with Gasteiger partial charge in [-0.3, -0.25) is 14.9 Å². The van der Waals surface area contributed by atoms with Gasteiger partial charge in [-0.2, -0.15) is 4.39 Å². The van der Waals surface area contributed by atoms with Gasteiger partial charge >= 0.3 is 11.7 Å². The van der Waals surface area contributed by atoms with Gasteiger partial charge in [-0.1, -0.05) is 6.92 Å². The summed E-state index contributed by atoms with van der Waals surface area (Å²) in [5.41, 5.74) is -2.12. The number of carboxylic acid groups (broad SMARTS) is 1. The highest BCUT2D eigenvalue weighted by Crippen LogP contribution is 2.22. The van der Waals surface area contributed by atoms with E-state index in [0.29, 0.717) is 12.1 Å². The summed E-state index contributed by atoms with van der Waals surface area (Å²) >= 11 is 0. The molecule has 0 aromatic heterocycles. The molecule has 0 saturated carbocycles. The average molecular weight is 288 g/mol. The number of halogens is 2. The van der Waals surface area contributed by atoms with Crippen LogP contribution in [0.25, 0.3) is 0 Å². The minimum Gasteiger partial charge on any atom is -0.480 e. The van der Waals surface area contributed by atoms with Gasteiger partial charge < -0.3 is 10.4 Å². The first-order valence-electron chi connectivity index (χ1n) is 5.45. The van der Waals surface area contributed by atoms with Gasteiger partial charge in [-0.25, -0.2) is 9.18 Å². The van der Waals surface area contributed by atoms with Crippen LogP contribution in [0.15, 0.2) is 12.1 Å². The quantitative estimate of drug-likeness (QED) is 0.629. The van der Waals surface area contributed by atoms with Gasteiger partial charge in [0.05, 0.1) is 16.6 Å². The van der Waals surface area contributed by atoms with E-state index in [1.54, 1.807) is 0 Å². The van der Waals surface area contributed by atoms with Crippen LogP contribution in [0.1, 0.15) is 23.7 Å². The Kier molecular flexibility index (Phi) is 4.68. The van der Waals surface area contributed by atoms with Crippen LogP contribution in [0.5, 0.6) is 0 Å². The Bertz CT molecular complexity index is 576. The first-order valence-corrected chi connectivity index (χ1v) is 5.45. The summed E-state index contributed by atoms with van der Waals surface area (Å²) in [5.74, 6) is -5.28. The first kappa shape index (κ1) is 15.5. The lowest BCUT2D eigenvalue weighted by atomic mass is 10.1. The predicted molar refractivity (Wildman–Crippen MR) is 62.2 cm³/mol. The van der Waals surface area contributed by atoms with Gasteiger partial charge in [0.15, 0.2) is 0 Å². The van der Waals surface area contributed by atoms with E-state index < -0.39 is 45.7 Å². The summed E-state index contributed by atoms with van der Waals surface area (Å²) in [4.78, 5) is 31.7. The number of carbonyl (C=O) groups excluding carboxylic acids is 1. The van der Waals surface area contributed by atoms with E-state index in [0.717, 1.165) is 0 Å². The molecule has 2 N–H and O–H groups in total. The zero-order valence-electron chi connectivity index (χ0n) is 10.2. The number of hydrogen-bond acceptors (Lipinski definition) is 4. The van der Waals surface area contributed by atoms with Crippen molar-refractivity contribution in [2.24, 2.45) is 0 Å². The summed E-state index contributed by atoms with van der Waals surface area (Å²) in [6.07, 6.45) is 0.0140. The van der Waals surface area contributed by atoms with Crippen LogP contribution in [-0.2, 0) is 4.79 Å². The van der Waals surface area contributed by atoms with Crippen LogP contribution in [0.3, 0.4) is 0 Å². The monoisotopic (exact) mass is 288 g/mol. The number of nitro benzene ring substituents is 1. The lowest BCUT2D eigenvalue weighted by molar-refractivity contribution is -0.387. The molecule has 1 amide bonds. The van der Waals surface area contributed by atoms with E-state index in [4.69, 9.17) is 5.11 Å². The highest BCUT2D eigenvalue weighted by molar-refractivity contribution is 5.97. The van der Waals surface area contributed by atoms with Crippen LogP contribution in [0.4, 0.5) is 14.5 Å². The summed E-state index contributed by atoms with van der Waals surface area (Å²) < 4.78 is 26.8. The van der Waals surface area contributed by atoms with Crippen molar-refractivity contribution in [2.45, 2.75) is 19.4 Å². The molecule has 0 spiro atoms. The van der Waals surface area contributed by atoms with Crippen molar-refractivity contribution in [2.75, 3.05) is 0 Å². The maximum atomic E-state index is 13.7. The van der Waals surface area contributed by atoms with E-state index >= 15 is 0 Å². The first-order chi connectivity index (χ1) is 9.27. The Labute approximate surface area is 111 Å². The number of rotatable bonds is 5. The number of benzene rings is 1. The van der Waals surface area contributed by atoms with Gasteiger partial charge in [0.2, 0.25) is 5.82 Å². The zero-order chi connectivity index (χ0) is 15.4. The fourth-order valence-electron chi connectivity index (χ4n) is 1.45. The highest BCUT2D eigenvalue weighted by Gasteiger charge is 2.26. The molecule has 0 radical (unpaired) electrons. The van der Waals surface area contributed by atoms with Crippen molar-refractivity contribution < 1.29 is 28.4 Å². The Morgan fingerprint density at radius 1 is 1.45 bits per heavy atom. The van der Waals surface area contributed by atoms with Crippen molar-refractivity contribution in [3.8, 4) is 0 Å². The second kappa shape index (κ2) is 6.04. The standard InChI is InChI=1S/C11H10F2N2O5/c1-2-7(11(17)18)14-10(16)6-3-5(12)4-8(9(6)13)15(19)20/h3-4,7H,2H2,1H3,(H,14,16)(H,17,18)/t7-/m0/s1. The lowest BCUT2D eigenvalue weighted by Crippen LogP contribution is -2.40. The number of aliphatic carboxylic acids is 1.